The maximum Gasteiger partial charge on any atom is 0.183 e. The topological polar surface area (TPSA) is 26.3 Å². The van der Waals surface area contributed by atoms with Crippen LogP contribution in [0.2, 0.25) is 0 Å². The number of rotatable bonds is 2. The van der Waals surface area contributed by atoms with Crippen molar-refractivity contribution in [1.29, 1.82) is 0 Å². The van der Waals surface area contributed by atoms with Gasteiger partial charge in [0.05, 0.1) is 0 Å². The number of hydrogen-bond donors (Lipinski definition) is 0. The van der Waals surface area contributed by atoms with Gasteiger partial charge in [-0.25, -0.2) is 0 Å². The Balaban J connectivity index is 2.41. The highest BCUT2D eigenvalue weighted by molar-refractivity contribution is 5.93. The van der Waals surface area contributed by atoms with E-state index in [2.05, 4.69) is 6.58 Å². The zero-order chi connectivity index (χ0) is 6.69. The summed E-state index contributed by atoms with van der Waals surface area (Å²) in [5.74, 6) is 0.0208. The second-order valence-electron chi connectivity index (χ2n) is 2.11. The van der Waals surface area contributed by atoms with Crippen LogP contribution in [0.3, 0.4) is 0 Å². The Hall–Kier alpha value is -0.630. The van der Waals surface area contributed by atoms with Gasteiger partial charge in [0.2, 0.25) is 0 Å². The highest BCUT2D eigenvalue weighted by Gasteiger charge is 2.20. The van der Waals surface area contributed by atoms with Gasteiger partial charge in [-0.05, 0) is 18.9 Å². The maximum absolute atomic E-state index is 10.8. The summed E-state index contributed by atoms with van der Waals surface area (Å²) in [6, 6.07) is 0. The maximum atomic E-state index is 10.8. The zero-order valence-corrected chi connectivity index (χ0v) is 5.30. The number of ether oxygens (including phenoxy) is 1. The average molecular weight is 126 g/mol. The van der Waals surface area contributed by atoms with Gasteiger partial charge in [0.15, 0.2) is 5.78 Å². The lowest BCUT2D eigenvalue weighted by molar-refractivity contribution is -0.122. The molecule has 1 atom stereocenters. The van der Waals surface area contributed by atoms with Gasteiger partial charge in [0.25, 0.3) is 0 Å². The van der Waals surface area contributed by atoms with Crippen LogP contribution in [0, 0.1) is 0 Å². The smallest absolute Gasteiger partial charge is 0.183 e. The van der Waals surface area contributed by atoms with Crippen LogP contribution in [-0.4, -0.2) is 18.5 Å². The summed E-state index contributed by atoms with van der Waals surface area (Å²) in [6.07, 6.45) is 3.02. The Morgan fingerprint density at radius 1 is 1.78 bits per heavy atom. The molecule has 0 aliphatic carbocycles. The van der Waals surface area contributed by atoms with E-state index in [1.54, 1.807) is 0 Å². The van der Waals surface area contributed by atoms with Crippen molar-refractivity contribution < 1.29 is 9.53 Å². The Bertz CT molecular complexity index is 123. The first-order chi connectivity index (χ1) is 4.34. The summed E-state index contributed by atoms with van der Waals surface area (Å²) in [5, 5.41) is 0. The molecular weight excluding hydrogens is 116 g/mol. The Morgan fingerprint density at radius 2 is 2.56 bits per heavy atom. The fraction of sp³-hybridized carbons (Fsp3) is 0.571. The van der Waals surface area contributed by atoms with E-state index in [0.29, 0.717) is 0 Å². The second kappa shape index (κ2) is 2.78. The zero-order valence-electron chi connectivity index (χ0n) is 5.30. The molecule has 50 valence electrons. The molecule has 1 fully saturated rings. The lowest BCUT2D eigenvalue weighted by atomic mass is 10.2. The van der Waals surface area contributed by atoms with Crippen molar-refractivity contribution in [1.82, 2.24) is 0 Å². The molecular formula is C7H10O2. The Labute approximate surface area is 54.5 Å². The van der Waals surface area contributed by atoms with E-state index in [9.17, 15) is 4.79 Å². The molecule has 9 heavy (non-hydrogen) atoms. The molecule has 0 unspecified atom stereocenters. The SMILES string of the molecule is C=CC(=O)[C@H]1CCCO1. The van der Waals surface area contributed by atoms with Gasteiger partial charge in [-0.1, -0.05) is 6.58 Å². The van der Waals surface area contributed by atoms with Crippen LogP contribution in [0.5, 0.6) is 0 Å². The van der Waals surface area contributed by atoms with Crippen LogP contribution in [0.15, 0.2) is 12.7 Å². The molecule has 0 aromatic carbocycles. The molecule has 0 aromatic rings. The molecule has 2 heteroatoms. The highest BCUT2D eigenvalue weighted by Crippen LogP contribution is 2.12. The predicted molar refractivity (Wildman–Crippen MR) is 34.2 cm³/mol. The largest absolute Gasteiger partial charge is 0.370 e. The molecule has 0 spiro atoms. The Kier molecular flexibility index (Phi) is 2.01. The molecule has 0 radical (unpaired) electrons. The van der Waals surface area contributed by atoms with Crippen molar-refractivity contribution in [3.63, 3.8) is 0 Å². The van der Waals surface area contributed by atoms with E-state index in [0.717, 1.165) is 19.4 Å². The minimum absolute atomic E-state index is 0.0208. The first kappa shape index (κ1) is 6.49. The van der Waals surface area contributed by atoms with E-state index in [1.165, 1.54) is 6.08 Å². The van der Waals surface area contributed by atoms with Crippen LogP contribution in [-0.2, 0) is 9.53 Å². The summed E-state index contributed by atoms with van der Waals surface area (Å²) < 4.78 is 5.08. The van der Waals surface area contributed by atoms with Crippen molar-refractivity contribution in [2.24, 2.45) is 0 Å². The van der Waals surface area contributed by atoms with Crippen molar-refractivity contribution in [2.75, 3.05) is 6.61 Å². The second-order valence-corrected chi connectivity index (χ2v) is 2.11. The highest BCUT2D eigenvalue weighted by atomic mass is 16.5. The van der Waals surface area contributed by atoms with Gasteiger partial charge in [-0.3, -0.25) is 4.79 Å². The monoisotopic (exact) mass is 126 g/mol. The van der Waals surface area contributed by atoms with E-state index < -0.39 is 0 Å². The molecule has 0 N–H and O–H groups in total. The van der Waals surface area contributed by atoms with Crippen LogP contribution in [0.1, 0.15) is 12.8 Å². The van der Waals surface area contributed by atoms with Crippen molar-refractivity contribution in [3.05, 3.63) is 12.7 Å². The normalized spacial score (nSPS) is 26.0. The van der Waals surface area contributed by atoms with E-state index >= 15 is 0 Å². The summed E-state index contributed by atoms with van der Waals surface area (Å²) in [4.78, 5) is 10.8. The number of carbonyl (C=O) groups is 1. The molecule has 2 nitrogen and oxygen atoms in total. The van der Waals surface area contributed by atoms with Gasteiger partial charge < -0.3 is 4.74 Å². The third kappa shape index (κ3) is 1.39. The molecule has 0 saturated carbocycles. The van der Waals surface area contributed by atoms with Crippen LogP contribution >= 0.6 is 0 Å². The van der Waals surface area contributed by atoms with Gasteiger partial charge in [0.1, 0.15) is 6.10 Å². The van der Waals surface area contributed by atoms with E-state index in [4.69, 9.17) is 4.74 Å². The molecule has 0 amide bonds. The first-order valence-electron chi connectivity index (χ1n) is 3.12. The quantitative estimate of drug-likeness (QED) is 0.514. The fourth-order valence-corrected chi connectivity index (χ4v) is 0.933. The van der Waals surface area contributed by atoms with Gasteiger partial charge >= 0.3 is 0 Å². The molecule has 1 rings (SSSR count). The van der Waals surface area contributed by atoms with Crippen LogP contribution in [0.4, 0.5) is 0 Å². The Morgan fingerprint density at radius 3 is 3.00 bits per heavy atom. The van der Waals surface area contributed by atoms with E-state index in [1.807, 2.05) is 0 Å². The van der Waals surface area contributed by atoms with Crippen molar-refractivity contribution in [3.8, 4) is 0 Å². The minimum Gasteiger partial charge on any atom is -0.370 e. The molecule has 0 aromatic heterocycles. The molecule has 1 aliphatic heterocycles. The molecule has 1 aliphatic rings. The first-order valence-corrected chi connectivity index (χ1v) is 3.12. The van der Waals surface area contributed by atoms with Gasteiger partial charge in [-0.15, -0.1) is 0 Å². The molecule has 0 bridgehead atoms. The standard InChI is InChI=1S/C7H10O2/c1-2-6(8)7-4-3-5-9-7/h2,7H,1,3-5H2/t7-/m1/s1. The molecule has 1 saturated heterocycles. The summed E-state index contributed by atoms with van der Waals surface area (Å²) >= 11 is 0. The average Bonchev–Trinajstić information content (AvgIpc) is 2.37. The van der Waals surface area contributed by atoms with Crippen molar-refractivity contribution in [2.45, 2.75) is 18.9 Å². The number of ketones is 1. The third-order valence-corrected chi connectivity index (χ3v) is 1.45. The lowest BCUT2D eigenvalue weighted by Crippen LogP contribution is -2.15. The van der Waals surface area contributed by atoms with Crippen LogP contribution in [0.25, 0.3) is 0 Å². The lowest BCUT2D eigenvalue weighted by Gasteiger charge is -2.01. The van der Waals surface area contributed by atoms with E-state index in [-0.39, 0.29) is 11.9 Å². The minimum atomic E-state index is -0.178. The fourth-order valence-electron chi connectivity index (χ4n) is 0.933. The van der Waals surface area contributed by atoms with Gasteiger partial charge in [0, 0.05) is 6.61 Å². The van der Waals surface area contributed by atoms with Crippen LogP contribution < -0.4 is 0 Å². The summed E-state index contributed by atoms with van der Waals surface area (Å²) in [6.45, 7) is 4.10. The van der Waals surface area contributed by atoms with Gasteiger partial charge in [-0.2, -0.15) is 0 Å². The predicted octanol–water partition coefficient (Wildman–Crippen LogP) is 0.920. The number of carbonyl (C=O) groups excluding carboxylic acids is 1. The third-order valence-electron chi connectivity index (χ3n) is 1.45. The summed E-state index contributed by atoms with van der Waals surface area (Å²) in [5.41, 5.74) is 0. The number of hydrogen-bond acceptors (Lipinski definition) is 2. The van der Waals surface area contributed by atoms with Crippen molar-refractivity contribution >= 4 is 5.78 Å². The molecule has 1 heterocycles. The summed E-state index contributed by atoms with van der Waals surface area (Å²) in [7, 11) is 0.